The van der Waals surface area contributed by atoms with Gasteiger partial charge < -0.3 is 19.3 Å². The van der Waals surface area contributed by atoms with Gasteiger partial charge in [0.05, 0.1) is 19.1 Å². The maximum absolute atomic E-state index is 12.3. The van der Waals surface area contributed by atoms with Gasteiger partial charge in [-0.05, 0) is 60.2 Å². The highest BCUT2D eigenvalue weighted by atomic mass is 19.3. The fourth-order valence-corrected chi connectivity index (χ4v) is 3.22. The third-order valence-electron chi connectivity index (χ3n) is 4.56. The number of aliphatic carboxylic acids is 1. The van der Waals surface area contributed by atoms with E-state index in [-0.39, 0.29) is 31.5 Å². The molecule has 3 rings (SSSR count). The Bertz CT molecular complexity index is 809. The molecule has 0 saturated heterocycles. The van der Waals surface area contributed by atoms with Gasteiger partial charge in [-0.3, -0.25) is 4.79 Å². The van der Waals surface area contributed by atoms with Gasteiger partial charge in [-0.25, -0.2) is 0 Å². The second-order valence-corrected chi connectivity index (χ2v) is 6.62. The van der Waals surface area contributed by atoms with E-state index >= 15 is 0 Å². The summed E-state index contributed by atoms with van der Waals surface area (Å²) in [7, 11) is 0. The number of carboxylic acids is 1. The minimum absolute atomic E-state index is 0.0136. The number of ether oxygens (including phenoxy) is 3. The molecule has 2 aromatic carbocycles. The lowest BCUT2D eigenvalue weighted by Crippen LogP contribution is -2.23. The fourth-order valence-electron chi connectivity index (χ4n) is 3.22. The third kappa shape index (κ3) is 5.92. The summed E-state index contributed by atoms with van der Waals surface area (Å²) in [5.41, 5.74) is 3.10. The molecule has 0 radical (unpaired) electrons. The minimum Gasteiger partial charge on any atom is -0.489 e. The second-order valence-electron chi connectivity index (χ2n) is 6.62. The Morgan fingerprint density at radius 2 is 2.00 bits per heavy atom. The molecule has 0 amide bonds. The van der Waals surface area contributed by atoms with E-state index in [4.69, 9.17) is 14.6 Å². The van der Waals surface area contributed by atoms with Gasteiger partial charge in [-0.2, -0.15) is 8.78 Å². The Kier molecular flexibility index (Phi) is 6.81. The predicted molar refractivity (Wildman–Crippen MR) is 97.9 cm³/mol. The summed E-state index contributed by atoms with van der Waals surface area (Å²) in [5.74, 6) is -0.0380. The maximum Gasteiger partial charge on any atom is 0.387 e. The number of hydrogen-bond acceptors (Lipinski definition) is 4. The van der Waals surface area contributed by atoms with Crippen molar-refractivity contribution in [1.82, 2.24) is 0 Å². The molecule has 7 heteroatoms. The number of carbonyl (C=O) groups is 1. The lowest BCUT2D eigenvalue weighted by Gasteiger charge is -2.25. The number of hydrogen-bond donors (Lipinski definition) is 1. The molecule has 28 heavy (non-hydrogen) atoms. The Morgan fingerprint density at radius 3 is 2.79 bits per heavy atom. The van der Waals surface area contributed by atoms with Gasteiger partial charge in [-0.15, -0.1) is 0 Å². The molecule has 1 aliphatic carbocycles. The van der Waals surface area contributed by atoms with E-state index in [1.807, 2.05) is 18.2 Å². The number of benzene rings is 2. The van der Waals surface area contributed by atoms with E-state index in [2.05, 4.69) is 4.74 Å². The molecule has 2 aromatic rings. The van der Waals surface area contributed by atoms with Crippen molar-refractivity contribution in [2.24, 2.45) is 0 Å². The quantitative estimate of drug-likeness (QED) is 0.692. The van der Waals surface area contributed by atoms with Crippen LogP contribution in [0, 0.1) is 0 Å². The molecular weight excluding hydrogens is 370 g/mol. The van der Waals surface area contributed by atoms with Crippen LogP contribution < -0.4 is 9.47 Å². The van der Waals surface area contributed by atoms with Crippen LogP contribution in [0.1, 0.15) is 29.5 Å². The second kappa shape index (κ2) is 9.50. The largest absolute Gasteiger partial charge is 0.489 e. The first kappa shape index (κ1) is 20.1. The average molecular weight is 392 g/mol. The molecule has 0 spiro atoms. The van der Waals surface area contributed by atoms with Crippen LogP contribution in [-0.4, -0.2) is 30.4 Å². The molecular formula is C21H22F2O5. The van der Waals surface area contributed by atoms with Crippen molar-refractivity contribution in [3.8, 4) is 11.5 Å². The number of alkyl halides is 2. The highest BCUT2D eigenvalue weighted by Gasteiger charge is 2.20. The maximum atomic E-state index is 12.3. The summed E-state index contributed by atoms with van der Waals surface area (Å²) in [6.45, 7) is -2.38. The van der Waals surface area contributed by atoms with Crippen LogP contribution in [0.15, 0.2) is 42.5 Å². The van der Waals surface area contributed by atoms with Crippen LogP contribution >= 0.6 is 0 Å². The Hall–Kier alpha value is -2.67. The first-order valence-electron chi connectivity index (χ1n) is 9.11. The molecule has 5 nitrogen and oxygen atoms in total. The summed E-state index contributed by atoms with van der Waals surface area (Å²) >= 11 is 0. The Balaban J connectivity index is 1.54. The normalized spacial score (nSPS) is 15.9. The molecule has 1 atom stereocenters. The zero-order chi connectivity index (χ0) is 19.9. The molecule has 0 aliphatic heterocycles. The molecule has 0 saturated carbocycles. The van der Waals surface area contributed by atoms with Crippen molar-refractivity contribution in [1.29, 1.82) is 0 Å². The summed E-state index contributed by atoms with van der Waals surface area (Å²) in [5, 5.41) is 8.68. The molecule has 150 valence electrons. The minimum atomic E-state index is -2.85. The highest BCUT2D eigenvalue weighted by molar-refractivity contribution is 5.66. The fraction of sp³-hybridized carbons (Fsp3) is 0.381. The molecule has 1 N–H and O–H groups in total. The summed E-state index contributed by atoms with van der Waals surface area (Å²) in [4.78, 5) is 10.6. The van der Waals surface area contributed by atoms with E-state index in [0.29, 0.717) is 5.75 Å². The molecule has 0 aromatic heterocycles. The van der Waals surface area contributed by atoms with Gasteiger partial charge >= 0.3 is 12.6 Å². The van der Waals surface area contributed by atoms with Crippen LogP contribution in [-0.2, 0) is 29.0 Å². The smallest absolute Gasteiger partial charge is 0.387 e. The van der Waals surface area contributed by atoms with E-state index in [0.717, 1.165) is 24.8 Å². The summed E-state index contributed by atoms with van der Waals surface area (Å²) in [6, 6.07) is 12.3. The Morgan fingerprint density at radius 1 is 1.14 bits per heavy atom. The number of carboxylic acid groups (broad SMARTS) is 1. The number of aryl methyl sites for hydroxylation is 1. The third-order valence-corrected chi connectivity index (χ3v) is 4.56. The lowest BCUT2D eigenvalue weighted by molar-refractivity contribution is -0.138. The van der Waals surface area contributed by atoms with Gasteiger partial charge in [0.1, 0.15) is 18.1 Å². The first-order chi connectivity index (χ1) is 13.5. The van der Waals surface area contributed by atoms with Crippen LogP contribution in [0.5, 0.6) is 11.5 Å². The first-order valence-corrected chi connectivity index (χ1v) is 9.11. The van der Waals surface area contributed by atoms with Crippen molar-refractivity contribution >= 4 is 5.97 Å². The average Bonchev–Trinajstić information content (AvgIpc) is 2.66. The van der Waals surface area contributed by atoms with E-state index in [1.165, 1.54) is 23.3 Å². The van der Waals surface area contributed by atoms with Crippen molar-refractivity contribution in [3.63, 3.8) is 0 Å². The van der Waals surface area contributed by atoms with Crippen molar-refractivity contribution in [3.05, 3.63) is 59.2 Å². The number of rotatable bonds is 9. The van der Waals surface area contributed by atoms with Crippen LogP contribution in [0.25, 0.3) is 0 Å². The van der Waals surface area contributed by atoms with Gasteiger partial charge in [0, 0.05) is 0 Å². The number of halogens is 2. The topological polar surface area (TPSA) is 65.0 Å². The monoisotopic (exact) mass is 392 g/mol. The van der Waals surface area contributed by atoms with Gasteiger partial charge in [-0.1, -0.05) is 18.2 Å². The van der Waals surface area contributed by atoms with Crippen molar-refractivity contribution in [2.45, 2.75) is 45.0 Å². The SMILES string of the molecule is O=C(O)CCOC1CCc2cc(OCc3cccc(OC(F)F)c3)ccc2C1. The molecule has 1 aliphatic rings. The van der Waals surface area contributed by atoms with Gasteiger partial charge in [0.15, 0.2) is 0 Å². The van der Waals surface area contributed by atoms with Crippen LogP contribution in [0.3, 0.4) is 0 Å². The summed E-state index contributed by atoms with van der Waals surface area (Å²) in [6.07, 6.45) is 2.48. The zero-order valence-electron chi connectivity index (χ0n) is 15.3. The standard InChI is InChI=1S/C21H22F2O5/c22-21(23)28-19-3-1-2-14(10-19)13-27-18-7-5-15-11-17(6-4-16(15)12-18)26-9-8-20(24)25/h1-3,5,7,10,12,17,21H,4,6,8-9,11,13H2,(H,24,25). The molecule has 0 bridgehead atoms. The molecule has 1 unspecified atom stereocenters. The van der Waals surface area contributed by atoms with Gasteiger partial charge in [0.25, 0.3) is 0 Å². The highest BCUT2D eigenvalue weighted by Crippen LogP contribution is 2.27. The zero-order valence-corrected chi connectivity index (χ0v) is 15.3. The van der Waals surface area contributed by atoms with E-state index in [1.54, 1.807) is 12.1 Å². The number of fused-ring (bicyclic) bond motifs is 1. The van der Waals surface area contributed by atoms with Gasteiger partial charge in [0.2, 0.25) is 0 Å². The molecule has 0 fully saturated rings. The van der Waals surface area contributed by atoms with Crippen molar-refractivity contribution in [2.75, 3.05) is 6.61 Å². The molecule has 0 heterocycles. The summed E-state index contributed by atoms with van der Waals surface area (Å²) < 4.78 is 40.5. The van der Waals surface area contributed by atoms with E-state index < -0.39 is 12.6 Å². The van der Waals surface area contributed by atoms with Crippen LogP contribution in [0.2, 0.25) is 0 Å². The lowest BCUT2D eigenvalue weighted by atomic mass is 9.89. The van der Waals surface area contributed by atoms with Crippen LogP contribution in [0.4, 0.5) is 8.78 Å². The van der Waals surface area contributed by atoms with E-state index in [9.17, 15) is 13.6 Å². The Labute approximate surface area is 161 Å². The van der Waals surface area contributed by atoms with Crippen molar-refractivity contribution < 1.29 is 32.9 Å². The predicted octanol–water partition coefficient (Wildman–Crippen LogP) is 4.22.